The zero-order valence-electron chi connectivity index (χ0n) is 11.5. The lowest BCUT2D eigenvalue weighted by molar-refractivity contribution is 0.529. The lowest BCUT2D eigenvalue weighted by Crippen LogP contribution is -2.33. The first-order valence-corrected chi connectivity index (χ1v) is 8.80. The molecule has 6 heteroatoms. The fraction of sp³-hybridized carbons (Fsp3) is 0.500. The summed E-state index contributed by atoms with van der Waals surface area (Å²) in [6, 6.07) is 7.00. The SMILES string of the molecule is CC(CC1CC1)NS(=O)(=O)Cc1ccc(C(N)=S)cc1. The molecule has 1 fully saturated rings. The molecule has 1 aromatic carbocycles. The van der Waals surface area contributed by atoms with Gasteiger partial charge < -0.3 is 5.73 Å². The largest absolute Gasteiger partial charge is 0.389 e. The molecule has 0 saturated heterocycles. The quantitative estimate of drug-likeness (QED) is 0.755. The molecule has 1 aliphatic rings. The molecule has 0 bridgehead atoms. The zero-order valence-corrected chi connectivity index (χ0v) is 13.1. The Morgan fingerprint density at radius 3 is 2.50 bits per heavy atom. The van der Waals surface area contributed by atoms with E-state index in [0.717, 1.165) is 17.5 Å². The first kappa shape index (κ1) is 15.4. The smallest absolute Gasteiger partial charge is 0.216 e. The van der Waals surface area contributed by atoms with E-state index < -0.39 is 10.0 Å². The van der Waals surface area contributed by atoms with Gasteiger partial charge in [-0.3, -0.25) is 0 Å². The van der Waals surface area contributed by atoms with Gasteiger partial charge in [-0.1, -0.05) is 49.3 Å². The Morgan fingerprint density at radius 1 is 1.40 bits per heavy atom. The molecule has 1 unspecified atom stereocenters. The van der Waals surface area contributed by atoms with Gasteiger partial charge in [0.25, 0.3) is 0 Å². The molecule has 0 amide bonds. The minimum Gasteiger partial charge on any atom is -0.389 e. The van der Waals surface area contributed by atoms with E-state index in [1.165, 1.54) is 12.8 Å². The minimum absolute atomic E-state index is 0.00314. The van der Waals surface area contributed by atoms with Crippen LogP contribution in [0.25, 0.3) is 0 Å². The molecule has 20 heavy (non-hydrogen) atoms. The fourth-order valence-corrected chi connectivity index (χ4v) is 3.79. The summed E-state index contributed by atoms with van der Waals surface area (Å²) in [4.78, 5) is 0.315. The van der Waals surface area contributed by atoms with E-state index in [1.54, 1.807) is 24.3 Å². The zero-order chi connectivity index (χ0) is 14.8. The van der Waals surface area contributed by atoms with E-state index in [4.69, 9.17) is 18.0 Å². The third-order valence-electron chi connectivity index (χ3n) is 3.36. The molecule has 1 aliphatic carbocycles. The molecular formula is C14H20N2O2S2. The lowest BCUT2D eigenvalue weighted by Gasteiger charge is -2.14. The third kappa shape index (κ3) is 4.85. The van der Waals surface area contributed by atoms with Crippen molar-refractivity contribution >= 4 is 27.2 Å². The van der Waals surface area contributed by atoms with Crippen LogP contribution in [-0.2, 0) is 15.8 Å². The number of sulfonamides is 1. The molecule has 0 spiro atoms. The summed E-state index contributed by atoms with van der Waals surface area (Å²) in [6.07, 6.45) is 3.39. The molecule has 0 aromatic heterocycles. The summed E-state index contributed by atoms with van der Waals surface area (Å²) in [5.41, 5.74) is 6.99. The van der Waals surface area contributed by atoms with E-state index in [2.05, 4.69) is 4.72 Å². The van der Waals surface area contributed by atoms with Gasteiger partial charge in [0.2, 0.25) is 10.0 Å². The molecule has 0 heterocycles. The summed E-state index contributed by atoms with van der Waals surface area (Å²) >= 11 is 4.87. The highest BCUT2D eigenvalue weighted by Crippen LogP contribution is 2.33. The van der Waals surface area contributed by atoms with Gasteiger partial charge in [-0.05, 0) is 24.8 Å². The van der Waals surface area contributed by atoms with Crippen LogP contribution in [0.2, 0.25) is 0 Å². The average Bonchev–Trinajstić information content (AvgIpc) is 3.11. The van der Waals surface area contributed by atoms with Crippen LogP contribution in [0.5, 0.6) is 0 Å². The van der Waals surface area contributed by atoms with Gasteiger partial charge in [0, 0.05) is 11.6 Å². The number of thiocarbonyl (C=S) groups is 1. The minimum atomic E-state index is -3.30. The van der Waals surface area contributed by atoms with Gasteiger partial charge in [-0.15, -0.1) is 0 Å². The van der Waals surface area contributed by atoms with Crippen molar-refractivity contribution < 1.29 is 8.42 Å². The standard InChI is InChI=1S/C14H20N2O2S2/c1-10(8-11-2-3-11)16-20(17,18)9-12-4-6-13(7-5-12)14(15)19/h4-7,10-11,16H,2-3,8-9H2,1H3,(H2,15,19). The van der Waals surface area contributed by atoms with Crippen LogP contribution in [0.3, 0.4) is 0 Å². The number of benzene rings is 1. The number of rotatable bonds is 7. The van der Waals surface area contributed by atoms with Crippen LogP contribution in [0.15, 0.2) is 24.3 Å². The van der Waals surface area contributed by atoms with E-state index in [0.29, 0.717) is 10.9 Å². The Balaban J connectivity index is 1.94. The predicted molar refractivity (Wildman–Crippen MR) is 84.9 cm³/mol. The highest BCUT2D eigenvalue weighted by atomic mass is 32.2. The summed E-state index contributed by atoms with van der Waals surface area (Å²) in [5, 5.41) is 0. The van der Waals surface area contributed by atoms with Crippen molar-refractivity contribution in [3.05, 3.63) is 35.4 Å². The Labute approximate surface area is 125 Å². The Kier molecular flexibility index (Phi) is 4.78. The maximum Gasteiger partial charge on any atom is 0.216 e. The second-order valence-electron chi connectivity index (χ2n) is 5.52. The first-order valence-electron chi connectivity index (χ1n) is 6.74. The fourth-order valence-electron chi connectivity index (χ4n) is 2.23. The molecule has 1 saturated carbocycles. The van der Waals surface area contributed by atoms with Crippen LogP contribution in [0.1, 0.15) is 37.3 Å². The molecule has 4 nitrogen and oxygen atoms in total. The second-order valence-corrected chi connectivity index (χ2v) is 7.71. The maximum absolute atomic E-state index is 12.1. The van der Waals surface area contributed by atoms with Gasteiger partial charge >= 0.3 is 0 Å². The van der Waals surface area contributed by atoms with Gasteiger partial charge in [-0.25, -0.2) is 13.1 Å². The van der Waals surface area contributed by atoms with E-state index in [-0.39, 0.29) is 11.8 Å². The van der Waals surface area contributed by atoms with Crippen molar-refractivity contribution in [3.8, 4) is 0 Å². The number of nitrogens with one attached hydrogen (secondary N) is 1. The van der Waals surface area contributed by atoms with Crippen LogP contribution in [-0.4, -0.2) is 19.4 Å². The van der Waals surface area contributed by atoms with Crippen molar-refractivity contribution in [2.45, 2.75) is 38.0 Å². The molecule has 0 radical (unpaired) electrons. The average molecular weight is 312 g/mol. The van der Waals surface area contributed by atoms with Gasteiger partial charge in [0.15, 0.2) is 0 Å². The van der Waals surface area contributed by atoms with Crippen LogP contribution in [0, 0.1) is 5.92 Å². The molecule has 2 rings (SSSR count). The number of hydrogen-bond donors (Lipinski definition) is 2. The molecule has 1 aromatic rings. The monoisotopic (exact) mass is 312 g/mol. The van der Waals surface area contributed by atoms with Crippen LogP contribution in [0.4, 0.5) is 0 Å². The van der Waals surface area contributed by atoms with E-state index in [1.807, 2.05) is 6.92 Å². The summed E-state index contributed by atoms with van der Waals surface area (Å²) in [6.45, 7) is 1.92. The Bertz CT molecular complexity index is 578. The summed E-state index contributed by atoms with van der Waals surface area (Å²) in [7, 11) is -3.30. The van der Waals surface area contributed by atoms with Crippen LogP contribution >= 0.6 is 12.2 Å². The molecule has 1 atom stereocenters. The van der Waals surface area contributed by atoms with Crippen molar-refractivity contribution in [1.29, 1.82) is 0 Å². The third-order valence-corrected chi connectivity index (χ3v) is 5.07. The summed E-state index contributed by atoms with van der Waals surface area (Å²) in [5.74, 6) is 0.692. The lowest BCUT2D eigenvalue weighted by atomic mass is 10.1. The number of hydrogen-bond acceptors (Lipinski definition) is 3. The second kappa shape index (κ2) is 6.20. The highest BCUT2D eigenvalue weighted by Gasteiger charge is 2.25. The molecular weight excluding hydrogens is 292 g/mol. The molecule has 3 N–H and O–H groups in total. The topological polar surface area (TPSA) is 72.2 Å². The van der Waals surface area contributed by atoms with Crippen molar-refractivity contribution in [3.63, 3.8) is 0 Å². The predicted octanol–water partition coefficient (Wildman–Crippen LogP) is 1.93. The number of nitrogens with two attached hydrogens (primary N) is 1. The maximum atomic E-state index is 12.1. The van der Waals surface area contributed by atoms with Gasteiger partial charge in [0.05, 0.1) is 5.75 Å². The van der Waals surface area contributed by atoms with E-state index >= 15 is 0 Å². The Hall–Kier alpha value is -0.980. The van der Waals surface area contributed by atoms with Crippen LogP contribution < -0.4 is 10.5 Å². The first-order chi connectivity index (χ1) is 9.35. The Morgan fingerprint density at radius 2 is 2.00 bits per heavy atom. The van der Waals surface area contributed by atoms with E-state index in [9.17, 15) is 8.42 Å². The van der Waals surface area contributed by atoms with Gasteiger partial charge in [-0.2, -0.15) is 0 Å². The van der Waals surface area contributed by atoms with Crippen molar-refractivity contribution in [2.75, 3.05) is 0 Å². The summed E-state index contributed by atoms with van der Waals surface area (Å²) < 4.78 is 26.9. The van der Waals surface area contributed by atoms with Gasteiger partial charge in [0.1, 0.15) is 4.99 Å². The normalized spacial score (nSPS) is 16.9. The van der Waals surface area contributed by atoms with Crippen molar-refractivity contribution in [1.82, 2.24) is 4.72 Å². The molecule has 0 aliphatic heterocycles. The van der Waals surface area contributed by atoms with Crippen molar-refractivity contribution in [2.24, 2.45) is 11.7 Å². The molecule has 110 valence electrons. The highest BCUT2D eigenvalue weighted by molar-refractivity contribution is 7.88.